The van der Waals surface area contributed by atoms with Gasteiger partial charge in [0.1, 0.15) is 5.56 Å². The first-order valence-electron chi connectivity index (χ1n) is 7.10. The van der Waals surface area contributed by atoms with Gasteiger partial charge in [0.2, 0.25) is 5.43 Å². The van der Waals surface area contributed by atoms with Crippen LogP contribution in [0.2, 0.25) is 5.02 Å². The van der Waals surface area contributed by atoms with Gasteiger partial charge in [-0.05, 0) is 30.3 Å². The summed E-state index contributed by atoms with van der Waals surface area (Å²) >= 11 is 6.03. The second-order valence-corrected chi connectivity index (χ2v) is 5.60. The van der Waals surface area contributed by atoms with Gasteiger partial charge in [-0.15, -0.1) is 0 Å². The molecule has 2 aromatic carbocycles. The van der Waals surface area contributed by atoms with Crippen LogP contribution in [0.5, 0.6) is 0 Å². The van der Waals surface area contributed by atoms with Crippen molar-refractivity contribution in [3.63, 3.8) is 0 Å². The van der Waals surface area contributed by atoms with E-state index in [1.54, 1.807) is 16.7 Å². The van der Waals surface area contributed by atoms with Gasteiger partial charge in [-0.1, -0.05) is 11.6 Å². The number of nitro benzene ring substituents is 1. The Balaban J connectivity index is 2.34. The average molecular weight is 359 g/mol. The predicted molar refractivity (Wildman–Crippen MR) is 92.5 cm³/mol. The first kappa shape index (κ1) is 16.7. The Morgan fingerprint density at radius 3 is 2.48 bits per heavy atom. The number of pyridine rings is 1. The van der Waals surface area contributed by atoms with Crippen LogP contribution in [0, 0.1) is 10.1 Å². The summed E-state index contributed by atoms with van der Waals surface area (Å²) < 4.78 is 6.23. The Morgan fingerprint density at radius 2 is 1.88 bits per heavy atom. The standard InChI is InChI=1S/C17H11ClN2O5/c1-25-17(22)14-9-19(11-3-5-12(6-4-11)20(23)24)15-8-10(18)2-7-13(15)16(14)21/h2-9H,1H3. The second-order valence-electron chi connectivity index (χ2n) is 5.17. The number of hydrogen-bond acceptors (Lipinski definition) is 5. The van der Waals surface area contributed by atoms with E-state index in [1.165, 1.54) is 43.6 Å². The number of esters is 1. The number of nitrogens with zero attached hydrogens (tertiary/aromatic N) is 2. The molecule has 3 rings (SSSR count). The van der Waals surface area contributed by atoms with Crippen molar-refractivity contribution in [1.82, 2.24) is 4.57 Å². The van der Waals surface area contributed by atoms with Gasteiger partial charge in [-0.3, -0.25) is 14.9 Å². The summed E-state index contributed by atoms with van der Waals surface area (Å²) in [6.45, 7) is 0. The molecule has 1 heterocycles. The molecule has 0 saturated heterocycles. The molecule has 0 spiro atoms. The number of non-ortho nitro benzene ring substituents is 1. The van der Waals surface area contributed by atoms with Crippen LogP contribution in [0.15, 0.2) is 53.5 Å². The molecule has 8 heteroatoms. The largest absolute Gasteiger partial charge is 0.465 e. The van der Waals surface area contributed by atoms with E-state index in [2.05, 4.69) is 4.74 Å². The molecule has 0 amide bonds. The average Bonchev–Trinajstić information content (AvgIpc) is 2.61. The maximum atomic E-state index is 12.5. The molecule has 0 bridgehead atoms. The number of methoxy groups -OCH3 is 1. The number of carbonyl (C=O) groups is 1. The number of aromatic nitrogens is 1. The molecule has 0 atom stereocenters. The van der Waals surface area contributed by atoms with E-state index in [0.717, 1.165) is 0 Å². The number of nitro groups is 1. The van der Waals surface area contributed by atoms with E-state index in [0.29, 0.717) is 16.2 Å². The molecule has 0 aliphatic rings. The molecule has 0 radical (unpaired) electrons. The predicted octanol–water partition coefficient (Wildman–Crippen LogP) is 3.34. The van der Waals surface area contributed by atoms with E-state index in [1.807, 2.05) is 0 Å². The summed E-state index contributed by atoms with van der Waals surface area (Å²) in [5.74, 6) is -0.766. The van der Waals surface area contributed by atoms with E-state index < -0.39 is 16.3 Å². The number of ether oxygens (including phenoxy) is 1. The number of hydrogen-bond donors (Lipinski definition) is 0. The lowest BCUT2D eigenvalue weighted by Crippen LogP contribution is -2.19. The highest BCUT2D eigenvalue weighted by atomic mass is 35.5. The molecule has 7 nitrogen and oxygen atoms in total. The highest BCUT2D eigenvalue weighted by Crippen LogP contribution is 2.23. The molecule has 0 aliphatic carbocycles. The van der Waals surface area contributed by atoms with Crippen LogP contribution in [0.3, 0.4) is 0 Å². The molecule has 25 heavy (non-hydrogen) atoms. The lowest BCUT2D eigenvalue weighted by atomic mass is 10.1. The van der Waals surface area contributed by atoms with Crippen molar-refractivity contribution in [2.24, 2.45) is 0 Å². The number of halogens is 1. The summed E-state index contributed by atoms with van der Waals surface area (Å²) in [7, 11) is 1.18. The minimum atomic E-state index is -0.766. The van der Waals surface area contributed by atoms with Crippen molar-refractivity contribution in [3.8, 4) is 5.69 Å². The molecule has 126 valence electrons. The molecule has 0 aliphatic heterocycles. The molecule has 1 aromatic heterocycles. The van der Waals surface area contributed by atoms with Gasteiger partial charge < -0.3 is 9.30 Å². The Hall–Kier alpha value is -3.19. The van der Waals surface area contributed by atoms with Crippen LogP contribution in [0.1, 0.15) is 10.4 Å². The third-order valence-electron chi connectivity index (χ3n) is 3.71. The van der Waals surface area contributed by atoms with Crippen molar-refractivity contribution in [2.45, 2.75) is 0 Å². The number of carbonyl (C=O) groups excluding carboxylic acids is 1. The Labute approximate surface area is 146 Å². The zero-order chi connectivity index (χ0) is 18.1. The van der Waals surface area contributed by atoms with Crippen molar-refractivity contribution in [1.29, 1.82) is 0 Å². The molecule has 0 unspecified atom stereocenters. The maximum absolute atomic E-state index is 12.5. The number of benzene rings is 2. The Bertz CT molecular complexity index is 1060. The second kappa shape index (κ2) is 6.37. The SMILES string of the molecule is COC(=O)c1cn(-c2ccc([N+](=O)[O-])cc2)c2cc(Cl)ccc2c1=O. The highest BCUT2D eigenvalue weighted by molar-refractivity contribution is 6.31. The molecule has 3 aromatic rings. The van der Waals surface area contributed by atoms with Crippen molar-refractivity contribution < 1.29 is 14.5 Å². The molecule has 0 fully saturated rings. The van der Waals surface area contributed by atoms with E-state index in [4.69, 9.17) is 11.6 Å². The third kappa shape index (κ3) is 2.97. The van der Waals surface area contributed by atoms with Crippen LogP contribution in [0.25, 0.3) is 16.6 Å². The molecule has 0 N–H and O–H groups in total. The molecular weight excluding hydrogens is 348 g/mol. The first-order valence-corrected chi connectivity index (χ1v) is 7.48. The van der Waals surface area contributed by atoms with Gasteiger partial charge in [0.25, 0.3) is 5.69 Å². The van der Waals surface area contributed by atoms with Gasteiger partial charge in [0.15, 0.2) is 0 Å². The monoisotopic (exact) mass is 358 g/mol. The van der Waals surface area contributed by atoms with E-state index >= 15 is 0 Å². The van der Waals surface area contributed by atoms with Crippen LogP contribution >= 0.6 is 11.6 Å². The van der Waals surface area contributed by atoms with E-state index in [-0.39, 0.29) is 16.6 Å². The summed E-state index contributed by atoms with van der Waals surface area (Å²) in [5.41, 5.74) is 0.315. The maximum Gasteiger partial charge on any atom is 0.343 e. The lowest BCUT2D eigenvalue weighted by Gasteiger charge is -2.13. The smallest absolute Gasteiger partial charge is 0.343 e. The minimum Gasteiger partial charge on any atom is -0.465 e. The fourth-order valence-corrected chi connectivity index (χ4v) is 2.67. The Morgan fingerprint density at radius 1 is 1.20 bits per heavy atom. The van der Waals surface area contributed by atoms with E-state index in [9.17, 15) is 19.7 Å². The summed E-state index contributed by atoms with van der Waals surface area (Å²) in [4.78, 5) is 34.7. The minimum absolute atomic E-state index is 0.0691. The van der Waals surface area contributed by atoms with Crippen molar-refractivity contribution in [2.75, 3.05) is 7.11 Å². The van der Waals surface area contributed by atoms with Crippen LogP contribution in [-0.4, -0.2) is 22.6 Å². The fourth-order valence-electron chi connectivity index (χ4n) is 2.50. The lowest BCUT2D eigenvalue weighted by molar-refractivity contribution is -0.384. The number of fused-ring (bicyclic) bond motifs is 1. The normalized spacial score (nSPS) is 10.6. The topological polar surface area (TPSA) is 91.4 Å². The zero-order valence-corrected chi connectivity index (χ0v) is 13.7. The molecule has 0 saturated carbocycles. The van der Waals surface area contributed by atoms with Crippen LogP contribution in [0.4, 0.5) is 5.69 Å². The first-order chi connectivity index (χ1) is 11.9. The quantitative estimate of drug-likeness (QED) is 0.407. The summed E-state index contributed by atoms with van der Waals surface area (Å²) in [6.07, 6.45) is 1.34. The van der Waals surface area contributed by atoms with Gasteiger partial charge in [-0.2, -0.15) is 0 Å². The molecular formula is C17H11ClN2O5. The number of rotatable bonds is 3. The highest BCUT2D eigenvalue weighted by Gasteiger charge is 2.17. The van der Waals surface area contributed by atoms with Crippen LogP contribution < -0.4 is 5.43 Å². The van der Waals surface area contributed by atoms with Crippen molar-refractivity contribution in [3.05, 3.63) is 79.6 Å². The van der Waals surface area contributed by atoms with Crippen LogP contribution in [-0.2, 0) is 4.74 Å². The van der Waals surface area contributed by atoms with Gasteiger partial charge in [-0.25, -0.2) is 4.79 Å². The Kier molecular flexibility index (Phi) is 4.24. The van der Waals surface area contributed by atoms with Gasteiger partial charge >= 0.3 is 5.97 Å². The summed E-state index contributed by atoms with van der Waals surface area (Å²) in [5, 5.41) is 11.5. The van der Waals surface area contributed by atoms with Gasteiger partial charge in [0.05, 0.1) is 17.5 Å². The van der Waals surface area contributed by atoms with Gasteiger partial charge in [0, 0.05) is 34.4 Å². The summed E-state index contributed by atoms with van der Waals surface area (Å²) in [6, 6.07) is 10.4. The zero-order valence-electron chi connectivity index (χ0n) is 12.9. The van der Waals surface area contributed by atoms with Crippen molar-refractivity contribution >= 4 is 34.2 Å². The fraction of sp³-hybridized carbons (Fsp3) is 0.0588. The third-order valence-corrected chi connectivity index (χ3v) is 3.95.